The Labute approximate surface area is 133 Å². The largest absolute Gasteiger partial charge is 0.361 e. The lowest BCUT2D eigenvalue weighted by atomic mass is 10.2. The topological polar surface area (TPSA) is 112 Å². The van der Waals surface area contributed by atoms with Crippen molar-refractivity contribution in [3.8, 4) is 0 Å². The molecule has 0 radical (unpaired) electrons. The van der Waals surface area contributed by atoms with E-state index in [0.717, 1.165) is 0 Å². The molecular formula is C13H17N5O4S. The quantitative estimate of drug-likeness (QED) is 0.857. The Bertz CT molecular complexity index is 783. The van der Waals surface area contributed by atoms with Crippen LogP contribution in [0, 0.1) is 6.92 Å². The Morgan fingerprint density at radius 2 is 2.09 bits per heavy atom. The summed E-state index contributed by atoms with van der Waals surface area (Å²) in [6.45, 7) is 3.06. The van der Waals surface area contributed by atoms with E-state index in [-0.39, 0.29) is 17.5 Å². The molecular weight excluding hydrogens is 322 g/mol. The van der Waals surface area contributed by atoms with E-state index in [9.17, 15) is 13.2 Å². The summed E-state index contributed by atoms with van der Waals surface area (Å²) in [7, 11) is -3.61. The Balaban J connectivity index is 1.73. The summed E-state index contributed by atoms with van der Waals surface area (Å²) in [6, 6.07) is 0. The molecule has 1 aliphatic rings. The molecule has 2 aromatic rings. The number of imidazole rings is 1. The van der Waals surface area contributed by atoms with Crippen molar-refractivity contribution < 1.29 is 17.7 Å². The van der Waals surface area contributed by atoms with Crippen LogP contribution in [-0.2, 0) is 10.0 Å². The first-order valence-electron chi connectivity index (χ1n) is 7.19. The van der Waals surface area contributed by atoms with Crippen LogP contribution in [0.3, 0.4) is 0 Å². The number of nitrogens with zero attached hydrogens (tertiary/aromatic N) is 4. The third-order valence-corrected chi connectivity index (χ3v) is 5.64. The molecule has 2 aromatic heterocycles. The zero-order valence-corrected chi connectivity index (χ0v) is 13.4. The Morgan fingerprint density at radius 1 is 1.26 bits per heavy atom. The second kappa shape index (κ2) is 6.13. The van der Waals surface area contributed by atoms with Gasteiger partial charge in [-0.05, 0) is 13.3 Å². The molecule has 1 amide bonds. The highest BCUT2D eigenvalue weighted by Crippen LogP contribution is 2.17. The number of aryl methyl sites for hydroxylation is 1. The Hall–Kier alpha value is -2.20. The summed E-state index contributed by atoms with van der Waals surface area (Å²) in [5, 5.41) is 3.67. The van der Waals surface area contributed by atoms with Crippen molar-refractivity contribution >= 4 is 15.9 Å². The van der Waals surface area contributed by atoms with Crippen LogP contribution in [0.15, 0.2) is 28.3 Å². The lowest BCUT2D eigenvalue weighted by Gasteiger charge is -2.21. The third-order valence-electron chi connectivity index (χ3n) is 3.81. The highest BCUT2D eigenvalue weighted by atomic mass is 32.2. The molecule has 0 aromatic carbocycles. The SMILES string of the molecule is Cc1oncc1C(=O)N1CCCN(S(=O)(=O)c2cnc[nH]2)CC1. The van der Waals surface area contributed by atoms with Crippen LogP contribution in [0.4, 0.5) is 0 Å². The molecule has 3 heterocycles. The van der Waals surface area contributed by atoms with Crippen LogP contribution >= 0.6 is 0 Å². The van der Waals surface area contributed by atoms with Gasteiger partial charge in [0.15, 0.2) is 5.03 Å². The summed E-state index contributed by atoms with van der Waals surface area (Å²) in [5.41, 5.74) is 0.412. The summed E-state index contributed by atoms with van der Waals surface area (Å²) in [6.07, 6.45) is 4.56. The van der Waals surface area contributed by atoms with Crippen molar-refractivity contribution in [3.05, 3.63) is 30.0 Å². The minimum Gasteiger partial charge on any atom is -0.361 e. The minimum absolute atomic E-state index is 0.0622. The maximum Gasteiger partial charge on any atom is 0.260 e. The molecule has 9 nitrogen and oxygen atoms in total. The number of amides is 1. The van der Waals surface area contributed by atoms with Gasteiger partial charge >= 0.3 is 0 Å². The molecule has 3 rings (SSSR count). The number of hydrogen-bond donors (Lipinski definition) is 1. The fourth-order valence-electron chi connectivity index (χ4n) is 2.53. The van der Waals surface area contributed by atoms with Crippen molar-refractivity contribution in [3.63, 3.8) is 0 Å². The molecule has 10 heteroatoms. The molecule has 1 aliphatic heterocycles. The van der Waals surface area contributed by atoms with Crippen LogP contribution in [0.25, 0.3) is 0 Å². The van der Waals surface area contributed by atoms with E-state index in [2.05, 4.69) is 15.1 Å². The number of carbonyl (C=O) groups excluding carboxylic acids is 1. The number of nitrogens with one attached hydrogen (secondary N) is 1. The van der Waals surface area contributed by atoms with Gasteiger partial charge in [-0.25, -0.2) is 13.4 Å². The number of carbonyl (C=O) groups is 1. The molecule has 1 N–H and O–H groups in total. The van der Waals surface area contributed by atoms with Crippen molar-refractivity contribution in [2.45, 2.75) is 18.4 Å². The fraction of sp³-hybridized carbons (Fsp3) is 0.462. The standard InChI is InChI=1S/C13H17N5O4S/c1-10-11(7-16-22-10)13(19)17-3-2-4-18(6-5-17)23(20,21)12-8-14-9-15-12/h7-9H,2-6H2,1H3,(H,14,15). The van der Waals surface area contributed by atoms with Crippen LogP contribution in [0.2, 0.25) is 0 Å². The van der Waals surface area contributed by atoms with E-state index in [1.54, 1.807) is 11.8 Å². The highest BCUT2D eigenvalue weighted by molar-refractivity contribution is 7.89. The summed E-state index contributed by atoms with van der Waals surface area (Å²) in [4.78, 5) is 20.5. The number of rotatable bonds is 3. The first-order chi connectivity index (χ1) is 11.0. The predicted octanol–water partition coefficient (Wildman–Crippen LogP) is 0.243. The second-order valence-corrected chi connectivity index (χ2v) is 7.17. The summed E-state index contributed by atoms with van der Waals surface area (Å²) in [5.74, 6) is 0.269. The molecule has 0 spiro atoms. The molecule has 0 atom stereocenters. The van der Waals surface area contributed by atoms with Gasteiger partial charge in [0.1, 0.15) is 11.3 Å². The first-order valence-corrected chi connectivity index (χ1v) is 8.63. The molecule has 1 fully saturated rings. The van der Waals surface area contributed by atoms with E-state index in [4.69, 9.17) is 4.52 Å². The van der Waals surface area contributed by atoms with E-state index >= 15 is 0 Å². The third kappa shape index (κ3) is 2.99. The maximum absolute atomic E-state index is 12.5. The minimum atomic E-state index is -3.61. The smallest absolute Gasteiger partial charge is 0.260 e. The summed E-state index contributed by atoms with van der Waals surface area (Å²) >= 11 is 0. The lowest BCUT2D eigenvalue weighted by Crippen LogP contribution is -2.37. The van der Waals surface area contributed by atoms with Crippen LogP contribution in [-0.4, -0.2) is 64.8 Å². The number of H-pyrrole nitrogens is 1. The van der Waals surface area contributed by atoms with Gasteiger partial charge in [0.25, 0.3) is 15.9 Å². The predicted molar refractivity (Wildman–Crippen MR) is 79.1 cm³/mol. The molecule has 0 saturated carbocycles. The van der Waals surface area contributed by atoms with Gasteiger partial charge in [0.2, 0.25) is 0 Å². The zero-order valence-electron chi connectivity index (χ0n) is 12.6. The van der Waals surface area contributed by atoms with Crippen molar-refractivity contribution in [1.82, 2.24) is 24.3 Å². The van der Waals surface area contributed by atoms with E-state index in [1.165, 1.54) is 23.0 Å². The first kappa shape index (κ1) is 15.7. The second-order valence-electron chi connectivity index (χ2n) is 5.26. The van der Waals surface area contributed by atoms with E-state index in [0.29, 0.717) is 37.4 Å². The summed E-state index contributed by atoms with van der Waals surface area (Å²) < 4.78 is 31.3. The van der Waals surface area contributed by atoms with Gasteiger partial charge in [-0.15, -0.1) is 0 Å². The maximum atomic E-state index is 12.5. The lowest BCUT2D eigenvalue weighted by molar-refractivity contribution is 0.0762. The highest BCUT2D eigenvalue weighted by Gasteiger charge is 2.30. The molecule has 0 unspecified atom stereocenters. The normalized spacial score (nSPS) is 17.2. The van der Waals surface area contributed by atoms with Crippen LogP contribution < -0.4 is 0 Å². The molecule has 0 aliphatic carbocycles. The van der Waals surface area contributed by atoms with Gasteiger partial charge in [0, 0.05) is 26.2 Å². The Morgan fingerprint density at radius 3 is 2.74 bits per heavy atom. The zero-order chi connectivity index (χ0) is 16.4. The molecule has 23 heavy (non-hydrogen) atoms. The molecule has 1 saturated heterocycles. The van der Waals surface area contributed by atoms with Crippen LogP contribution in [0.1, 0.15) is 22.5 Å². The number of aromatic nitrogens is 3. The Kier molecular flexibility index (Phi) is 4.18. The van der Waals surface area contributed by atoms with Gasteiger partial charge in [-0.3, -0.25) is 4.79 Å². The van der Waals surface area contributed by atoms with Gasteiger partial charge < -0.3 is 14.4 Å². The average Bonchev–Trinajstić information content (AvgIpc) is 3.13. The number of aromatic amines is 1. The van der Waals surface area contributed by atoms with Gasteiger partial charge in [-0.2, -0.15) is 4.31 Å². The molecule has 124 valence electrons. The van der Waals surface area contributed by atoms with Crippen molar-refractivity contribution in [2.75, 3.05) is 26.2 Å². The monoisotopic (exact) mass is 339 g/mol. The average molecular weight is 339 g/mol. The van der Waals surface area contributed by atoms with E-state index in [1.807, 2.05) is 0 Å². The number of hydrogen-bond acceptors (Lipinski definition) is 6. The van der Waals surface area contributed by atoms with E-state index < -0.39 is 10.0 Å². The molecule has 0 bridgehead atoms. The number of sulfonamides is 1. The van der Waals surface area contributed by atoms with Gasteiger partial charge in [-0.1, -0.05) is 5.16 Å². The van der Waals surface area contributed by atoms with Crippen molar-refractivity contribution in [1.29, 1.82) is 0 Å². The fourth-order valence-corrected chi connectivity index (χ4v) is 3.90. The van der Waals surface area contributed by atoms with Gasteiger partial charge in [0.05, 0.1) is 18.7 Å². The van der Waals surface area contributed by atoms with Crippen molar-refractivity contribution in [2.24, 2.45) is 0 Å². The van der Waals surface area contributed by atoms with Crippen LogP contribution in [0.5, 0.6) is 0 Å².